The minimum atomic E-state index is 0.0451. The highest BCUT2D eigenvalue weighted by Gasteiger charge is 2.12. The van der Waals surface area contributed by atoms with E-state index in [1.807, 2.05) is 74.6 Å². The third-order valence-corrected chi connectivity index (χ3v) is 3.78. The Morgan fingerprint density at radius 3 is 2.43 bits per heavy atom. The zero-order valence-corrected chi connectivity index (χ0v) is 14.0. The number of likely N-dealkylation sites (N-methyl/N-ethyl adjacent to an activating group) is 1. The SMILES string of the molecule is COc1ccccc1CCN(C)C(=O)/C(C)=C/c1ccccc1. The number of methoxy groups -OCH3 is 1. The normalized spacial score (nSPS) is 11.2. The van der Waals surface area contributed by atoms with E-state index in [1.54, 1.807) is 12.0 Å². The molecule has 1 amide bonds. The number of benzene rings is 2. The average molecular weight is 309 g/mol. The van der Waals surface area contributed by atoms with Gasteiger partial charge in [0.1, 0.15) is 5.75 Å². The summed E-state index contributed by atoms with van der Waals surface area (Å²) in [7, 11) is 3.50. The van der Waals surface area contributed by atoms with E-state index in [-0.39, 0.29) is 5.91 Å². The molecule has 0 N–H and O–H groups in total. The predicted molar refractivity (Wildman–Crippen MR) is 94.4 cm³/mol. The van der Waals surface area contributed by atoms with Gasteiger partial charge in [0.2, 0.25) is 5.91 Å². The quantitative estimate of drug-likeness (QED) is 0.760. The number of hydrogen-bond acceptors (Lipinski definition) is 2. The Hall–Kier alpha value is -2.55. The fourth-order valence-electron chi connectivity index (χ4n) is 2.46. The van der Waals surface area contributed by atoms with Crippen molar-refractivity contribution in [1.29, 1.82) is 0 Å². The first-order chi connectivity index (χ1) is 11.1. The second-order valence-electron chi connectivity index (χ2n) is 5.53. The van der Waals surface area contributed by atoms with Gasteiger partial charge in [-0.05, 0) is 36.6 Å². The van der Waals surface area contributed by atoms with Gasteiger partial charge in [0.05, 0.1) is 7.11 Å². The van der Waals surface area contributed by atoms with Crippen LogP contribution in [0.3, 0.4) is 0 Å². The standard InChI is InChI=1S/C20H23NO2/c1-16(15-17-9-5-4-6-10-17)20(22)21(2)14-13-18-11-7-8-12-19(18)23-3/h4-12,15H,13-14H2,1-3H3/b16-15+. The Bertz CT molecular complexity index is 677. The van der Waals surface area contributed by atoms with Gasteiger partial charge in [-0.15, -0.1) is 0 Å². The van der Waals surface area contributed by atoms with Gasteiger partial charge in [0.25, 0.3) is 0 Å². The summed E-state index contributed by atoms with van der Waals surface area (Å²) in [6, 6.07) is 17.8. The fraction of sp³-hybridized carbons (Fsp3) is 0.250. The number of nitrogens with zero attached hydrogens (tertiary/aromatic N) is 1. The zero-order valence-electron chi connectivity index (χ0n) is 14.0. The van der Waals surface area contributed by atoms with Gasteiger partial charge in [-0.3, -0.25) is 4.79 Å². The Labute approximate surface area is 138 Å². The second kappa shape index (κ2) is 8.18. The second-order valence-corrected chi connectivity index (χ2v) is 5.53. The molecule has 2 aromatic carbocycles. The van der Waals surface area contributed by atoms with Crippen LogP contribution in [0.1, 0.15) is 18.1 Å². The van der Waals surface area contributed by atoms with Crippen LogP contribution in [0.4, 0.5) is 0 Å². The number of ether oxygens (including phenoxy) is 1. The van der Waals surface area contributed by atoms with Crippen molar-refractivity contribution in [2.75, 3.05) is 20.7 Å². The lowest BCUT2D eigenvalue weighted by atomic mass is 10.1. The largest absolute Gasteiger partial charge is 0.496 e. The summed E-state index contributed by atoms with van der Waals surface area (Å²) in [5.41, 5.74) is 2.88. The topological polar surface area (TPSA) is 29.5 Å². The highest BCUT2D eigenvalue weighted by atomic mass is 16.5. The molecule has 120 valence electrons. The molecule has 23 heavy (non-hydrogen) atoms. The molecule has 3 nitrogen and oxygen atoms in total. The van der Waals surface area contributed by atoms with Crippen LogP contribution >= 0.6 is 0 Å². The van der Waals surface area contributed by atoms with Crippen molar-refractivity contribution in [3.63, 3.8) is 0 Å². The maximum absolute atomic E-state index is 12.4. The molecule has 0 aliphatic heterocycles. The smallest absolute Gasteiger partial charge is 0.249 e. The van der Waals surface area contributed by atoms with Crippen LogP contribution in [-0.2, 0) is 11.2 Å². The maximum Gasteiger partial charge on any atom is 0.249 e. The summed E-state index contributed by atoms with van der Waals surface area (Å²) in [5.74, 6) is 0.911. The predicted octanol–water partition coefficient (Wildman–Crippen LogP) is 3.80. The van der Waals surface area contributed by atoms with Gasteiger partial charge in [-0.2, -0.15) is 0 Å². The van der Waals surface area contributed by atoms with E-state index in [2.05, 4.69) is 0 Å². The van der Waals surface area contributed by atoms with Crippen LogP contribution in [0.2, 0.25) is 0 Å². The Morgan fingerprint density at radius 1 is 1.09 bits per heavy atom. The van der Waals surface area contributed by atoms with Crippen LogP contribution in [0.5, 0.6) is 5.75 Å². The Balaban J connectivity index is 1.98. The van der Waals surface area contributed by atoms with Crippen LogP contribution in [0, 0.1) is 0 Å². The van der Waals surface area contributed by atoms with Gasteiger partial charge >= 0.3 is 0 Å². The van der Waals surface area contributed by atoms with Crippen molar-refractivity contribution < 1.29 is 9.53 Å². The van der Waals surface area contributed by atoms with E-state index >= 15 is 0 Å². The minimum absolute atomic E-state index is 0.0451. The van der Waals surface area contributed by atoms with E-state index in [0.29, 0.717) is 6.54 Å². The van der Waals surface area contributed by atoms with Crippen LogP contribution in [0.15, 0.2) is 60.2 Å². The minimum Gasteiger partial charge on any atom is -0.496 e. The molecule has 0 saturated carbocycles. The lowest BCUT2D eigenvalue weighted by Gasteiger charge is -2.18. The van der Waals surface area contributed by atoms with Gasteiger partial charge in [0, 0.05) is 19.2 Å². The first-order valence-corrected chi connectivity index (χ1v) is 7.72. The number of para-hydroxylation sites is 1. The van der Waals surface area contributed by atoms with Crippen molar-refractivity contribution in [3.05, 3.63) is 71.3 Å². The van der Waals surface area contributed by atoms with Crippen molar-refractivity contribution in [2.45, 2.75) is 13.3 Å². The molecule has 0 aliphatic rings. The van der Waals surface area contributed by atoms with Crippen molar-refractivity contribution >= 4 is 12.0 Å². The third-order valence-electron chi connectivity index (χ3n) is 3.78. The first-order valence-electron chi connectivity index (χ1n) is 7.72. The number of hydrogen-bond donors (Lipinski definition) is 0. The number of carbonyl (C=O) groups excluding carboxylic acids is 1. The maximum atomic E-state index is 12.4. The number of rotatable bonds is 6. The van der Waals surface area contributed by atoms with Crippen LogP contribution < -0.4 is 4.74 Å². The molecule has 0 heterocycles. The molecule has 0 atom stereocenters. The molecule has 0 spiro atoms. The van der Waals surface area contributed by atoms with E-state index in [1.165, 1.54) is 0 Å². The molecule has 0 unspecified atom stereocenters. The summed E-state index contributed by atoms with van der Waals surface area (Å²) < 4.78 is 5.35. The first kappa shape index (κ1) is 16.8. The highest BCUT2D eigenvalue weighted by molar-refractivity contribution is 5.97. The molecule has 0 radical (unpaired) electrons. The summed E-state index contributed by atoms with van der Waals surface area (Å²) in [5, 5.41) is 0. The molecule has 3 heteroatoms. The number of carbonyl (C=O) groups is 1. The fourth-order valence-corrected chi connectivity index (χ4v) is 2.46. The highest BCUT2D eigenvalue weighted by Crippen LogP contribution is 2.18. The lowest BCUT2D eigenvalue weighted by molar-refractivity contribution is -0.125. The molecular formula is C20H23NO2. The van der Waals surface area contributed by atoms with Gasteiger partial charge in [-0.1, -0.05) is 48.5 Å². The molecule has 0 aromatic heterocycles. The molecule has 0 saturated heterocycles. The monoisotopic (exact) mass is 309 g/mol. The lowest BCUT2D eigenvalue weighted by Crippen LogP contribution is -2.29. The van der Waals surface area contributed by atoms with E-state index in [4.69, 9.17) is 4.74 Å². The van der Waals surface area contributed by atoms with Gasteiger partial charge in [0.15, 0.2) is 0 Å². The summed E-state index contributed by atoms with van der Waals surface area (Å²) in [6.45, 7) is 2.51. The van der Waals surface area contributed by atoms with Crippen molar-refractivity contribution in [2.24, 2.45) is 0 Å². The summed E-state index contributed by atoms with van der Waals surface area (Å²) >= 11 is 0. The molecule has 0 bridgehead atoms. The zero-order chi connectivity index (χ0) is 16.7. The summed E-state index contributed by atoms with van der Waals surface area (Å²) in [6.07, 6.45) is 2.69. The molecule has 2 rings (SSSR count). The van der Waals surface area contributed by atoms with E-state index < -0.39 is 0 Å². The van der Waals surface area contributed by atoms with Gasteiger partial charge < -0.3 is 9.64 Å². The third kappa shape index (κ3) is 4.71. The number of amides is 1. The van der Waals surface area contributed by atoms with Crippen LogP contribution in [-0.4, -0.2) is 31.5 Å². The van der Waals surface area contributed by atoms with E-state index in [9.17, 15) is 4.79 Å². The van der Waals surface area contributed by atoms with Crippen molar-refractivity contribution in [3.8, 4) is 5.75 Å². The summed E-state index contributed by atoms with van der Waals surface area (Å²) in [4.78, 5) is 14.2. The van der Waals surface area contributed by atoms with Crippen molar-refractivity contribution in [1.82, 2.24) is 4.90 Å². The van der Waals surface area contributed by atoms with Gasteiger partial charge in [-0.25, -0.2) is 0 Å². The van der Waals surface area contributed by atoms with Crippen LogP contribution in [0.25, 0.3) is 6.08 Å². The molecule has 0 aliphatic carbocycles. The molecular weight excluding hydrogens is 286 g/mol. The Kier molecular flexibility index (Phi) is 5.98. The Morgan fingerprint density at radius 2 is 1.74 bits per heavy atom. The van der Waals surface area contributed by atoms with E-state index in [0.717, 1.165) is 28.9 Å². The molecule has 2 aromatic rings. The average Bonchev–Trinajstić information content (AvgIpc) is 2.60. The molecule has 0 fully saturated rings.